The quantitative estimate of drug-likeness (QED) is 0.737. The van der Waals surface area contributed by atoms with Gasteiger partial charge in [0.25, 0.3) is 0 Å². The molecule has 2 aromatic rings. The van der Waals surface area contributed by atoms with Crippen LogP contribution >= 0.6 is 0 Å². The zero-order valence-corrected chi connectivity index (χ0v) is 13.4. The summed E-state index contributed by atoms with van der Waals surface area (Å²) in [5, 5.41) is 0. The summed E-state index contributed by atoms with van der Waals surface area (Å²) in [5.41, 5.74) is 6.20. The van der Waals surface area contributed by atoms with Gasteiger partial charge in [-0.25, -0.2) is 0 Å². The molecule has 0 saturated carbocycles. The van der Waals surface area contributed by atoms with E-state index in [1.165, 1.54) is 5.56 Å². The molecule has 0 radical (unpaired) electrons. The van der Waals surface area contributed by atoms with Gasteiger partial charge in [-0.1, -0.05) is 0 Å². The fourth-order valence-corrected chi connectivity index (χ4v) is 3.66. The molecular weight excluding hydrogens is 313 g/mol. The molecule has 3 heteroatoms. The van der Waals surface area contributed by atoms with Crippen molar-refractivity contribution < 1.29 is 4.79 Å². The summed E-state index contributed by atoms with van der Waals surface area (Å²) < 4.78 is 0.889. The molecule has 0 atom stereocenters. The van der Waals surface area contributed by atoms with Crippen LogP contribution in [0.4, 0.5) is 5.69 Å². The number of carbonyl (C=O) groups is 1. The molecule has 0 aliphatic carbocycles. The molecule has 2 aromatic carbocycles. The molecule has 0 aromatic heterocycles. The van der Waals surface area contributed by atoms with Crippen LogP contribution < -0.4 is 4.90 Å². The van der Waals surface area contributed by atoms with E-state index in [9.17, 15) is 4.79 Å². The Balaban J connectivity index is 2.19. The predicted molar refractivity (Wildman–Crippen MR) is 83.8 cm³/mol. The molecule has 0 saturated heterocycles. The third-order valence-corrected chi connectivity index (χ3v) is 4.50. The summed E-state index contributed by atoms with van der Waals surface area (Å²) in [7, 11) is 0. The van der Waals surface area contributed by atoms with Crippen LogP contribution in [-0.4, -0.2) is 26.0 Å². The van der Waals surface area contributed by atoms with Crippen molar-refractivity contribution in [1.82, 2.24) is 0 Å². The third-order valence-electron chi connectivity index (χ3n) is 3.65. The minimum atomic E-state index is 0.0457. The van der Waals surface area contributed by atoms with Gasteiger partial charge in [0.05, 0.1) is 0 Å². The standard InChI is InChI=1S/C17H15NOSe/c1-10-8-11(2)15(12(3)9-10)18-16(19)13-6-4-5-7-14(13)17(18)20/h4-9H,1-3H3. The Labute approximate surface area is 126 Å². The molecule has 20 heavy (non-hydrogen) atoms. The third kappa shape index (κ3) is 1.86. The number of rotatable bonds is 1. The summed E-state index contributed by atoms with van der Waals surface area (Å²) in [6, 6.07) is 12.0. The predicted octanol–water partition coefficient (Wildman–Crippen LogP) is 2.92. The van der Waals surface area contributed by atoms with E-state index in [1.54, 1.807) is 4.90 Å². The molecule has 1 amide bonds. The Morgan fingerprint density at radius 1 is 0.950 bits per heavy atom. The van der Waals surface area contributed by atoms with Crippen LogP contribution in [0.15, 0.2) is 36.4 Å². The first-order valence-corrected chi connectivity index (χ1v) is 7.42. The number of amides is 1. The van der Waals surface area contributed by atoms with Gasteiger partial charge in [-0.2, -0.15) is 0 Å². The fraction of sp³-hybridized carbons (Fsp3) is 0.176. The van der Waals surface area contributed by atoms with E-state index in [1.807, 2.05) is 24.3 Å². The van der Waals surface area contributed by atoms with Crippen LogP contribution in [0.2, 0.25) is 0 Å². The minimum absolute atomic E-state index is 0.0457. The molecule has 0 N–H and O–H groups in total. The van der Waals surface area contributed by atoms with Gasteiger partial charge in [0.15, 0.2) is 0 Å². The van der Waals surface area contributed by atoms with Crippen molar-refractivity contribution in [3.05, 3.63) is 64.2 Å². The second-order valence-electron chi connectivity index (χ2n) is 5.24. The Morgan fingerprint density at radius 2 is 1.50 bits per heavy atom. The number of benzene rings is 2. The molecular formula is C17H15NOSe. The van der Waals surface area contributed by atoms with Gasteiger partial charge in [0.2, 0.25) is 0 Å². The number of nitrogens with zero attached hydrogens (tertiary/aromatic N) is 1. The van der Waals surface area contributed by atoms with Crippen LogP contribution in [0, 0.1) is 20.8 Å². The number of anilines is 1. The van der Waals surface area contributed by atoms with Crippen molar-refractivity contribution in [2.75, 3.05) is 4.90 Å². The normalized spacial score (nSPS) is 13.8. The van der Waals surface area contributed by atoms with Crippen LogP contribution in [0.3, 0.4) is 0 Å². The SMILES string of the molecule is Cc1cc(C)c(N2C(=O)c3ccccc3C2=[Se])c(C)c1. The van der Waals surface area contributed by atoms with Gasteiger partial charge >= 0.3 is 126 Å². The van der Waals surface area contributed by atoms with Crippen molar-refractivity contribution in [1.29, 1.82) is 0 Å². The monoisotopic (exact) mass is 329 g/mol. The Kier molecular flexibility index (Phi) is 3.12. The Bertz CT molecular complexity index is 690. The van der Waals surface area contributed by atoms with Gasteiger partial charge in [-0.3, -0.25) is 0 Å². The molecule has 2 nitrogen and oxygen atoms in total. The molecule has 1 aliphatic heterocycles. The van der Waals surface area contributed by atoms with Crippen molar-refractivity contribution in [2.24, 2.45) is 0 Å². The van der Waals surface area contributed by atoms with E-state index in [-0.39, 0.29) is 5.91 Å². The zero-order valence-electron chi connectivity index (χ0n) is 11.7. The van der Waals surface area contributed by atoms with E-state index in [0.29, 0.717) is 0 Å². The average molecular weight is 328 g/mol. The van der Waals surface area contributed by atoms with E-state index in [4.69, 9.17) is 0 Å². The van der Waals surface area contributed by atoms with Crippen LogP contribution in [-0.2, 0) is 0 Å². The molecule has 1 aliphatic rings. The molecule has 1 heterocycles. The topological polar surface area (TPSA) is 20.3 Å². The van der Waals surface area contributed by atoms with E-state index >= 15 is 0 Å². The van der Waals surface area contributed by atoms with Crippen LogP contribution in [0.5, 0.6) is 0 Å². The number of fused-ring (bicyclic) bond motifs is 1. The molecule has 0 unspecified atom stereocenters. The Hall–Kier alpha value is -1.70. The summed E-state index contributed by atoms with van der Waals surface area (Å²) >= 11 is 3.06. The van der Waals surface area contributed by atoms with Crippen molar-refractivity contribution in [3.8, 4) is 0 Å². The fourth-order valence-electron chi connectivity index (χ4n) is 2.92. The van der Waals surface area contributed by atoms with Crippen molar-refractivity contribution in [2.45, 2.75) is 20.8 Å². The summed E-state index contributed by atoms with van der Waals surface area (Å²) in [6.45, 7) is 6.19. The van der Waals surface area contributed by atoms with Crippen molar-refractivity contribution in [3.63, 3.8) is 0 Å². The maximum atomic E-state index is 12.7. The van der Waals surface area contributed by atoms with Crippen molar-refractivity contribution >= 4 is 31.7 Å². The first-order chi connectivity index (χ1) is 9.50. The number of hydrogen-bond acceptors (Lipinski definition) is 1. The first-order valence-electron chi connectivity index (χ1n) is 6.56. The molecule has 3 rings (SSSR count). The second-order valence-corrected chi connectivity index (χ2v) is 6.05. The maximum absolute atomic E-state index is 12.7. The van der Waals surface area contributed by atoms with Gasteiger partial charge in [-0.05, 0) is 0 Å². The summed E-state index contributed by atoms with van der Waals surface area (Å²) in [5.74, 6) is 0.0457. The van der Waals surface area contributed by atoms with Crippen LogP contribution in [0.25, 0.3) is 0 Å². The first kappa shape index (κ1) is 13.3. The summed E-state index contributed by atoms with van der Waals surface area (Å²) in [4.78, 5) is 14.5. The average Bonchev–Trinajstić information content (AvgIpc) is 2.64. The van der Waals surface area contributed by atoms with E-state index < -0.39 is 0 Å². The molecule has 0 spiro atoms. The Morgan fingerprint density at radius 3 is 2.05 bits per heavy atom. The van der Waals surface area contributed by atoms with Gasteiger partial charge in [0.1, 0.15) is 0 Å². The molecule has 0 bridgehead atoms. The molecule has 0 fully saturated rings. The number of hydrogen-bond donors (Lipinski definition) is 0. The second kappa shape index (κ2) is 4.69. The number of aryl methyl sites for hydroxylation is 3. The van der Waals surface area contributed by atoms with Gasteiger partial charge in [-0.15, -0.1) is 0 Å². The van der Waals surface area contributed by atoms with Gasteiger partial charge < -0.3 is 0 Å². The number of carbonyl (C=O) groups excluding carboxylic acids is 1. The van der Waals surface area contributed by atoms with E-state index in [0.717, 1.165) is 32.5 Å². The van der Waals surface area contributed by atoms with Crippen LogP contribution in [0.1, 0.15) is 32.6 Å². The van der Waals surface area contributed by atoms with Gasteiger partial charge in [0, 0.05) is 0 Å². The zero-order chi connectivity index (χ0) is 14.4. The summed E-state index contributed by atoms with van der Waals surface area (Å²) in [6.07, 6.45) is 0. The molecule has 100 valence electrons. The van der Waals surface area contributed by atoms with E-state index in [2.05, 4.69) is 48.5 Å².